The summed E-state index contributed by atoms with van der Waals surface area (Å²) in [6.07, 6.45) is 3.66. The molecule has 1 aliphatic heterocycles. The summed E-state index contributed by atoms with van der Waals surface area (Å²) in [4.78, 5) is 15.2. The van der Waals surface area contributed by atoms with Crippen LogP contribution in [0.4, 0.5) is 17.6 Å². The number of aromatic nitrogens is 3. The fraction of sp³-hybridized carbons (Fsp3) is 0.444. The first kappa shape index (κ1) is 19.6. The average molecular weight is 405 g/mol. The maximum atomic E-state index is 5.86. The zero-order chi connectivity index (χ0) is 19.2. The topological polar surface area (TPSA) is 89.2 Å². The van der Waals surface area contributed by atoms with Crippen molar-refractivity contribution in [1.29, 1.82) is 0 Å². The largest absolute Gasteiger partial charge is 0.497 e. The van der Waals surface area contributed by atoms with E-state index in [1.165, 1.54) is 19.3 Å². The Morgan fingerprint density at radius 2 is 2.07 bits per heavy atom. The lowest BCUT2D eigenvalue weighted by atomic mass is 10.1. The monoisotopic (exact) mass is 404 g/mol. The molecule has 0 saturated carbocycles. The van der Waals surface area contributed by atoms with E-state index >= 15 is 0 Å². The van der Waals surface area contributed by atoms with E-state index in [2.05, 4.69) is 32.1 Å². The SMILES string of the molecule is COc1ccc(Nc2nc(N)nc(CSC(=S)N3CCCC[C@H]3C)n2)cc1. The molecular weight excluding hydrogens is 380 g/mol. The van der Waals surface area contributed by atoms with Crippen molar-refractivity contribution in [2.24, 2.45) is 0 Å². The molecule has 1 fully saturated rings. The van der Waals surface area contributed by atoms with Crippen molar-refractivity contribution in [3.63, 3.8) is 0 Å². The summed E-state index contributed by atoms with van der Waals surface area (Å²) in [5, 5.41) is 3.14. The van der Waals surface area contributed by atoms with Gasteiger partial charge in [-0.3, -0.25) is 0 Å². The molecule has 0 bridgehead atoms. The highest BCUT2D eigenvalue weighted by atomic mass is 32.2. The smallest absolute Gasteiger partial charge is 0.232 e. The third-order valence-electron chi connectivity index (χ3n) is 4.41. The van der Waals surface area contributed by atoms with Crippen LogP contribution in [0.3, 0.4) is 0 Å². The molecule has 1 aliphatic rings. The van der Waals surface area contributed by atoms with Gasteiger partial charge in [0.2, 0.25) is 11.9 Å². The molecule has 7 nitrogen and oxygen atoms in total. The number of likely N-dealkylation sites (tertiary alicyclic amines) is 1. The Morgan fingerprint density at radius 1 is 1.30 bits per heavy atom. The number of hydrogen-bond donors (Lipinski definition) is 2. The van der Waals surface area contributed by atoms with Gasteiger partial charge in [0.1, 0.15) is 15.9 Å². The molecule has 1 atom stereocenters. The van der Waals surface area contributed by atoms with Crippen LogP contribution in [0, 0.1) is 0 Å². The zero-order valence-electron chi connectivity index (χ0n) is 15.5. The molecule has 3 N–H and O–H groups in total. The van der Waals surface area contributed by atoms with Crippen LogP contribution in [-0.2, 0) is 5.75 Å². The van der Waals surface area contributed by atoms with E-state index in [1.807, 2.05) is 24.3 Å². The average Bonchev–Trinajstić information content (AvgIpc) is 2.67. The molecule has 0 aliphatic carbocycles. The van der Waals surface area contributed by atoms with Crippen LogP contribution in [-0.4, -0.2) is 43.9 Å². The summed E-state index contributed by atoms with van der Waals surface area (Å²) in [6, 6.07) is 8.00. The number of benzene rings is 1. The van der Waals surface area contributed by atoms with Crippen molar-refractivity contribution < 1.29 is 4.74 Å². The van der Waals surface area contributed by atoms with Gasteiger partial charge in [0.25, 0.3) is 0 Å². The molecule has 0 spiro atoms. The molecule has 1 aromatic carbocycles. The molecule has 3 rings (SSSR count). The second kappa shape index (κ2) is 9.18. The molecule has 0 radical (unpaired) electrons. The maximum absolute atomic E-state index is 5.86. The third kappa shape index (κ3) is 5.43. The van der Waals surface area contributed by atoms with Gasteiger partial charge in [-0.25, -0.2) is 0 Å². The van der Waals surface area contributed by atoms with Gasteiger partial charge in [0.15, 0.2) is 0 Å². The van der Waals surface area contributed by atoms with Crippen molar-refractivity contribution in [3.8, 4) is 5.75 Å². The maximum Gasteiger partial charge on any atom is 0.232 e. The Labute approximate surface area is 169 Å². The quantitative estimate of drug-likeness (QED) is 0.725. The van der Waals surface area contributed by atoms with Gasteiger partial charge in [-0.2, -0.15) is 15.0 Å². The zero-order valence-corrected chi connectivity index (χ0v) is 17.1. The lowest BCUT2D eigenvalue weighted by Crippen LogP contribution is -2.39. The number of thioether (sulfide) groups is 1. The highest BCUT2D eigenvalue weighted by molar-refractivity contribution is 8.22. The van der Waals surface area contributed by atoms with E-state index in [1.54, 1.807) is 18.9 Å². The number of ether oxygens (including phenoxy) is 1. The van der Waals surface area contributed by atoms with Crippen LogP contribution >= 0.6 is 24.0 Å². The summed E-state index contributed by atoms with van der Waals surface area (Å²) in [5.74, 6) is 2.56. The molecule has 0 unspecified atom stereocenters. The number of anilines is 3. The Kier molecular flexibility index (Phi) is 6.68. The highest BCUT2D eigenvalue weighted by Crippen LogP contribution is 2.24. The van der Waals surface area contributed by atoms with Crippen molar-refractivity contribution in [2.45, 2.75) is 38.0 Å². The number of nitrogens with one attached hydrogen (secondary N) is 1. The van der Waals surface area contributed by atoms with E-state index in [-0.39, 0.29) is 5.95 Å². The standard InChI is InChI=1S/C18H24N6OS2/c1-12-5-3-4-10-24(12)18(26)27-11-15-21-16(19)23-17(22-15)20-13-6-8-14(25-2)9-7-13/h6-9,12H,3-5,10-11H2,1-2H3,(H3,19,20,21,22,23)/t12-/m1/s1. The van der Waals surface area contributed by atoms with Crippen LogP contribution in [0.2, 0.25) is 0 Å². The number of hydrogen-bond acceptors (Lipinski definition) is 8. The van der Waals surface area contributed by atoms with Gasteiger partial charge >= 0.3 is 0 Å². The van der Waals surface area contributed by atoms with Crippen molar-refractivity contribution in [1.82, 2.24) is 19.9 Å². The predicted molar refractivity (Wildman–Crippen MR) is 114 cm³/mol. The van der Waals surface area contributed by atoms with Gasteiger partial charge < -0.3 is 20.7 Å². The minimum absolute atomic E-state index is 0.189. The van der Waals surface area contributed by atoms with Crippen LogP contribution in [0.1, 0.15) is 32.0 Å². The number of nitrogens with zero attached hydrogens (tertiary/aromatic N) is 4. The number of nitrogens with two attached hydrogens (primary N) is 1. The van der Waals surface area contributed by atoms with E-state index in [0.717, 1.165) is 22.3 Å². The van der Waals surface area contributed by atoms with E-state index < -0.39 is 0 Å². The van der Waals surface area contributed by atoms with Crippen LogP contribution in [0.25, 0.3) is 0 Å². The van der Waals surface area contributed by atoms with Gasteiger partial charge in [0.05, 0.1) is 12.9 Å². The minimum atomic E-state index is 0.189. The normalized spacial score (nSPS) is 16.8. The molecule has 1 saturated heterocycles. The van der Waals surface area contributed by atoms with Gasteiger partial charge in [0, 0.05) is 18.3 Å². The number of rotatable bonds is 5. The van der Waals surface area contributed by atoms with Crippen LogP contribution in [0.15, 0.2) is 24.3 Å². The molecule has 0 amide bonds. The first-order valence-corrected chi connectivity index (χ1v) is 10.3. The summed E-state index contributed by atoms with van der Waals surface area (Å²) in [6.45, 7) is 3.25. The van der Waals surface area contributed by atoms with Gasteiger partial charge in [-0.05, 0) is 50.5 Å². The molecule has 2 heterocycles. The van der Waals surface area contributed by atoms with Crippen LogP contribution < -0.4 is 15.8 Å². The second-order valence-electron chi connectivity index (χ2n) is 6.38. The summed E-state index contributed by atoms with van der Waals surface area (Å²) >= 11 is 7.18. The van der Waals surface area contributed by atoms with Gasteiger partial charge in [-0.15, -0.1) is 0 Å². The fourth-order valence-corrected chi connectivity index (χ4v) is 4.21. The Balaban J connectivity index is 1.63. The van der Waals surface area contributed by atoms with E-state index in [0.29, 0.717) is 23.6 Å². The predicted octanol–water partition coefficient (Wildman–Crippen LogP) is 3.60. The first-order chi connectivity index (χ1) is 13.0. The number of methoxy groups -OCH3 is 1. The fourth-order valence-electron chi connectivity index (χ4n) is 2.94. The van der Waals surface area contributed by atoms with Crippen molar-refractivity contribution >= 4 is 45.9 Å². The van der Waals surface area contributed by atoms with Crippen LogP contribution in [0.5, 0.6) is 5.75 Å². The Hall–Kier alpha value is -2.13. The van der Waals surface area contributed by atoms with Gasteiger partial charge in [-0.1, -0.05) is 24.0 Å². The van der Waals surface area contributed by atoms with Crippen molar-refractivity contribution in [2.75, 3.05) is 24.7 Å². The molecule has 9 heteroatoms. The number of thiocarbonyl (C=S) groups is 1. The number of nitrogen functional groups attached to an aromatic ring is 1. The number of piperidine rings is 1. The van der Waals surface area contributed by atoms with E-state index in [4.69, 9.17) is 22.7 Å². The first-order valence-electron chi connectivity index (χ1n) is 8.90. The Morgan fingerprint density at radius 3 is 2.78 bits per heavy atom. The summed E-state index contributed by atoms with van der Waals surface area (Å²) < 4.78 is 6.06. The molecule has 2 aromatic rings. The third-order valence-corrected chi connectivity index (χ3v) is 5.88. The van der Waals surface area contributed by atoms with Crippen molar-refractivity contribution in [3.05, 3.63) is 30.1 Å². The Bertz CT molecular complexity index is 786. The molecular formula is C18H24N6OS2. The second-order valence-corrected chi connectivity index (χ2v) is 7.99. The molecule has 144 valence electrons. The minimum Gasteiger partial charge on any atom is -0.497 e. The molecule has 1 aromatic heterocycles. The summed E-state index contributed by atoms with van der Waals surface area (Å²) in [7, 11) is 1.63. The summed E-state index contributed by atoms with van der Waals surface area (Å²) in [5.41, 5.74) is 6.70. The lowest BCUT2D eigenvalue weighted by molar-refractivity contribution is 0.267. The highest BCUT2D eigenvalue weighted by Gasteiger charge is 2.21. The van der Waals surface area contributed by atoms with E-state index in [9.17, 15) is 0 Å². The molecule has 27 heavy (non-hydrogen) atoms. The lowest BCUT2D eigenvalue weighted by Gasteiger charge is -2.35.